The highest BCUT2D eigenvalue weighted by molar-refractivity contribution is 5.90. The highest BCUT2D eigenvalue weighted by Crippen LogP contribution is 1.97. The second-order valence-corrected chi connectivity index (χ2v) is 3.88. The van der Waals surface area contributed by atoms with Gasteiger partial charge in [0, 0.05) is 27.2 Å². The molecule has 102 valence electrons. The van der Waals surface area contributed by atoms with Crippen molar-refractivity contribution < 1.29 is 14.3 Å². The molecule has 1 unspecified atom stereocenters. The summed E-state index contributed by atoms with van der Waals surface area (Å²) in [6.07, 6.45) is 1.56. The number of hydrogen-bond acceptors (Lipinski definition) is 5. The third-order valence-corrected chi connectivity index (χ3v) is 2.40. The third kappa shape index (κ3) is 4.42. The summed E-state index contributed by atoms with van der Waals surface area (Å²) in [5, 5.41) is 9.30. The van der Waals surface area contributed by atoms with Crippen LogP contribution in [0.4, 0.5) is 0 Å². The predicted octanol–water partition coefficient (Wildman–Crippen LogP) is 0.148. The van der Waals surface area contributed by atoms with Crippen LogP contribution >= 0.6 is 0 Å². The molecule has 0 radical (unpaired) electrons. The molecule has 1 heterocycles. The van der Waals surface area contributed by atoms with Gasteiger partial charge in [-0.2, -0.15) is 0 Å². The minimum Gasteiger partial charge on any atom is -0.382 e. The van der Waals surface area contributed by atoms with Crippen LogP contribution < -0.4 is 5.32 Å². The predicted molar refractivity (Wildman–Crippen MR) is 65.4 cm³/mol. The minimum absolute atomic E-state index is 0.158. The Morgan fingerprint density at radius 1 is 1.50 bits per heavy atom. The van der Waals surface area contributed by atoms with E-state index in [4.69, 9.17) is 9.47 Å². The van der Waals surface area contributed by atoms with E-state index in [1.807, 2.05) is 6.92 Å². The average molecular weight is 256 g/mol. The SMILES string of the molecule is CCCc1nc(C(=O)NCC(COC)OC)n[nH]1. The first-order valence-electron chi connectivity index (χ1n) is 5.92. The highest BCUT2D eigenvalue weighted by Gasteiger charge is 2.14. The lowest BCUT2D eigenvalue weighted by Crippen LogP contribution is -2.36. The topological polar surface area (TPSA) is 89.1 Å². The first-order valence-corrected chi connectivity index (χ1v) is 5.92. The van der Waals surface area contributed by atoms with Gasteiger partial charge in [-0.1, -0.05) is 6.92 Å². The third-order valence-electron chi connectivity index (χ3n) is 2.40. The van der Waals surface area contributed by atoms with Crippen molar-refractivity contribution >= 4 is 5.91 Å². The van der Waals surface area contributed by atoms with Crippen molar-refractivity contribution in [2.75, 3.05) is 27.4 Å². The second-order valence-electron chi connectivity index (χ2n) is 3.88. The Kier molecular flexibility index (Phi) is 6.31. The van der Waals surface area contributed by atoms with Crippen molar-refractivity contribution in [1.29, 1.82) is 0 Å². The summed E-state index contributed by atoms with van der Waals surface area (Å²) in [6, 6.07) is 0. The minimum atomic E-state index is -0.313. The van der Waals surface area contributed by atoms with E-state index in [0.29, 0.717) is 13.2 Å². The summed E-state index contributed by atoms with van der Waals surface area (Å²) in [5.41, 5.74) is 0. The van der Waals surface area contributed by atoms with Gasteiger partial charge >= 0.3 is 0 Å². The molecule has 0 aliphatic rings. The second kappa shape index (κ2) is 7.78. The molecule has 0 aromatic carbocycles. The fourth-order valence-corrected chi connectivity index (χ4v) is 1.43. The number of aromatic nitrogens is 3. The molecule has 18 heavy (non-hydrogen) atoms. The van der Waals surface area contributed by atoms with E-state index in [1.54, 1.807) is 14.2 Å². The van der Waals surface area contributed by atoms with E-state index in [-0.39, 0.29) is 17.8 Å². The number of aromatic amines is 1. The van der Waals surface area contributed by atoms with Gasteiger partial charge in [-0.3, -0.25) is 9.89 Å². The van der Waals surface area contributed by atoms with E-state index < -0.39 is 0 Å². The molecule has 0 bridgehead atoms. The van der Waals surface area contributed by atoms with E-state index >= 15 is 0 Å². The van der Waals surface area contributed by atoms with Crippen molar-refractivity contribution in [3.05, 3.63) is 11.6 Å². The van der Waals surface area contributed by atoms with E-state index in [9.17, 15) is 4.79 Å². The Labute approximate surface area is 106 Å². The number of methoxy groups -OCH3 is 2. The van der Waals surface area contributed by atoms with Gasteiger partial charge in [0.1, 0.15) is 5.82 Å². The van der Waals surface area contributed by atoms with Gasteiger partial charge in [0.15, 0.2) is 0 Å². The maximum absolute atomic E-state index is 11.7. The first kappa shape index (κ1) is 14.6. The molecule has 7 nitrogen and oxygen atoms in total. The monoisotopic (exact) mass is 256 g/mol. The number of nitrogens with zero attached hydrogens (tertiary/aromatic N) is 2. The Balaban J connectivity index is 2.43. The van der Waals surface area contributed by atoms with Crippen molar-refractivity contribution in [2.45, 2.75) is 25.9 Å². The van der Waals surface area contributed by atoms with Crippen LogP contribution in [0.15, 0.2) is 0 Å². The van der Waals surface area contributed by atoms with Gasteiger partial charge in [-0.25, -0.2) is 4.98 Å². The Morgan fingerprint density at radius 3 is 2.89 bits per heavy atom. The quantitative estimate of drug-likeness (QED) is 0.691. The number of H-pyrrole nitrogens is 1. The van der Waals surface area contributed by atoms with Crippen LogP contribution in [-0.2, 0) is 15.9 Å². The fraction of sp³-hybridized carbons (Fsp3) is 0.727. The van der Waals surface area contributed by atoms with Gasteiger partial charge in [-0.05, 0) is 6.42 Å². The molecule has 1 rings (SSSR count). The van der Waals surface area contributed by atoms with Crippen molar-refractivity contribution in [2.24, 2.45) is 0 Å². The fourth-order valence-electron chi connectivity index (χ4n) is 1.43. The number of aryl methyl sites for hydroxylation is 1. The van der Waals surface area contributed by atoms with E-state index in [0.717, 1.165) is 18.7 Å². The molecule has 0 spiro atoms. The highest BCUT2D eigenvalue weighted by atomic mass is 16.5. The Morgan fingerprint density at radius 2 is 2.28 bits per heavy atom. The zero-order valence-electron chi connectivity index (χ0n) is 11.0. The van der Waals surface area contributed by atoms with Gasteiger partial charge < -0.3 is 14.8 Å². The molecule has 1 aromatic heterocycles. The van der Waals surface area contributed by atoms with Gasteiger partial charge in [0.05, 0.1) is 12.7 Å². The molecule has 1 amide bonds. The molecule has 1 aromatic rings. The maximum Gasteiger partial charge on any atom is 0.291 e. The lowest BCUT2D eigenvalue weighted by Gasteiger charge is -2.14. The van der Waals surface area contributed by atoms with Gasteiger partial charge in [0.25, 0.3) is 5.91 Å². The summed E-state index contributed by atoms with van der Waals surface area (Å²) in [6.45, 7) is 2.82. The maximum atomic E-state index is 11.7. The lowest BCUT2D eigenvalue weighted by molar-refractivity contribution is 0.0284. The van der Waals surface area contributed by atoms with Gasteiger partial charge in [-0.15, -0.1) is 5.10 Å². The summed E-state index contributed by atoms with van der Waals surface area (Å²) in [7, 11) is 3.15. The average Bonchev–Trinajstić information content (AvgIpc) is 2.83. The summed E-state index contributed by atoms with van der Waals surface area (Å²) in [5.74, 6) is 0.570. The van der Waals surface area contributed by atoms with Crippen molar-refractivity contribution in [3.63, 3.8) is 0 Å². The van der Waals surface area contributed by atoms with Crippen LogP contribution in [0.5, 0.6) is 0 Å². The molecule has 0 saturated carbocycles. The van der Waals surface area contributed by atoms with Gasteiger partial charge in [0.2, 0.25) is 5.82 Å². The number of nitrogens with one attached hydrogen (secondary N) is 2. The van der Waals surface area contributed by atoms with Crippen LogP contribution in [0, 0.1) is 0 Å². The van der Waals surface area contributed by atoms with Crippen LogP contribution in [-0.4, -0.2) is 54.6 Å². The number of rotatable bonds is 8. The molecule has 0 saturated heterocycles. The summed E-state index contributed by atoms with van der Waals surface area (Å²) >= 11 is 0. The normalized spacial score (nSPS) is 12.4. The van der Waals surface area contributed by atoms with E-state index in [2.05, 4.69) is 20.5 Å². The molecule has 1 atom stereocenters. The molecule has 0 aliphatic carbocycles. The standard InChI is InChI=1S/C11H20N4O3/c1-4-5-9-13-10(15-14-9)11(16)12-6-8(18-3)7-17-2/h8H,4-7H2,1-3H3,(H,12,16)(H,13,14,15). The summed E-state index contributed by atoms with van der Waals surface area (Å²) < 4.78 is 10.1. The zero-order chi connectivity index (χ0) is 13.4. The lowest BCUT2D eigenvalue weighted by atomic mass is 10.3. The smallest absolute Gasteiger partial charge is 0.291 e. The summed E-state index contributed by atoms with van der Waals surface area (Å²) in [4.78, 5) is 15.8. The van der Waals surface area contributed by atoms with Crippen LogP contribution in [0.2, 0.25) is 0 Å². The van der Waals surface area contributed by atoms with Crippen LogP contribution in [0.3, 0.4) is 0 Å². The zero-order valence-corrected chi connectivity index (χ0v) is 11.0. The number of hydrogen-bond donors (Lipinski definition) is 2. The number of carbonyl (C=O) groups is 1. The Hall–Kier alpha value is -1.47. The Bertz CT molecular complexity index is 367. The number of carbonyl (C=O) groups excluding carboxylic acids is 1. The molecule has 7 heteroatoms. The van der Waals surface area contributed by atoms with Crippen molar-refractivity contribution in [3.8, 4) is 0 Å². The first-order chi connectivity index (χ1) is 8.71. The molecule has 0 fully saturated rings. The molecular formula is C11H20N4O3. The molecule has 2 N–H and O–H groups in total. The number of amides is 1. The molecular weight excluding hydrogens is 236 g/mol. The van der Waals surface area contributed by atoms with Crippen LogP contribution in [0.1, 0.15) is 29.8 Å². The largest absolute Gasteiger partial charge is 0.382 e. The van der Waals surface area contributed by atoms with Crippen LogP contribution in [0.25, 0.3) is 0 Å². The van der Waals surface area contributed by atoms with Crippen molar-refractivity contribution in [1.82, 2.24) is 20.5 Å². The molecule has 0 aliphatic heterocycles. The number of ether oxygens (including phenoxy) is 2. The van der Waals surface area contributed by atoms with E-state index in [1.165, 1.54) is 0 Å².